The van der Waals surface area contributed by atoms with Gasteiger partial charge in [-0.1, -0.05) is 12.1 Å². The highest BCUT2D eigenvalue weighted by Crippen LogP contribution is 2.12. The predicted molar refractivity (Wildman–Crippen MR) is 70.4 cm³/mol. The summed E-state index contributed by atoms with van der Waals surface area (Å²) < 4.78 is 1.55. The molecular weight excluding hydrogens is 228 g/mol. The molecule has 0 spiro atoms. The lowest BCUT2D eigenvalue weighted by molar-refractivity contribution is 0.101. The smallest absolute Gasteiger partial charge is 0.273 e. The molecule has 5 heteroatoms. The van der Waals surface area contributed by atoms with E-state index in [0.717, 1.165) is 17.8 Å². The van der Waals surface area contributed by atoms with E-state index in [2.05, 4.69) is 15.7 Å². The highest BCUT2D eigenvalue weighted by Gasteiger charge is 2.09. The average molecular weight is 244 g/mol. The number of carbonyl (C=O) groups excluding carboxylic acids is 1. The van der Waals surface area contributed by atoms with Gasteiger partial charge in [-0.25, -0.2) is 0 Å². The second-order valence-corrected chi connectivity index (χ2v) is 4.02. The van der Waals surface area contributed by atoms with Gasteiger partial charge in [-0.05, 0) is 30.8 Å². The molecule has 0 atom stereocenters. The fourth-order valence-corrected chi connectivity index (χ4v) is 1.75. The van der Waals surface area contributed by atoms with Gasteiger partial charge in [0.25, 0.3) is 5.91 Å². The summed E-state index contributed by atoms with van der Waals surface area (Å²) in [6.45, 7) is 0.773. The van der Waals surface area contributed by atoms with Gasteiger partial charge in [-0.15, -0.1) is 0 Å². The van der Waals surface area contributed by atoms with Crippen molar-refractivity contribution in [3.63, 3.8) is 0 Å². The van der Waals surface area contributed by atoms with Crippen LogP contribution in [-0.4, -0.2) is 22.7 Å². The van der Waals surface area contributed by atoms with Crippen molar-refractivity contribution in [1.29, 1.82) is 0 Å². The molecule has 0 fully saturated rings. The molecule has 2 rings (SSSR count). The molecular formula is C13H16N4O. The largest absolute Gasteiger partial charge is 0.321 e. The molecule has 0 bridgehead atoms. The van der Waals surface area contributed by atoms with Gasteiger partial charge in [-0.2, -0.15) is 5.10 Å². The molecule has 1 amide bonds. The van der Waals surface area contributed by atoms with Gasteiger partial charge in [0.1, 0.15) is 5.69 Å². The minimum Gasteiger partial charge on any atom is -0.321 e. The Hall–Kier alpha value is -2.14. The highest BCUT2D eigenvalue weighted by atomic mass is 16.2. The number of hydrogen-bond donors (Lipinski definition) is 2. The molecule has 0 radical (unpaired) electrons. The first-order valence-electron chi connectivity index (χ1n) is 5.73. The number of amides is 1. The summed E-state index contributed by atoms with van der Waals surface area (Å²) in [6.07, 6.45) is 1.60. The van der Waals surface area contributed by atoms with Crippen LogP contribution in [0.4, 0.5) is 5.69 Å². The fraction of sp³-hybridized carbons (Fsp3) is 0.231. The van der Waals surface area contributed by atoms with Gasteiger partial charge >= 0.3 is 0 Å². The maximum absolute atomic E-state index is 12.0. The van der Waals surface area contributed by atoms with Gasteiger partial charge in [0, 0.05) is 25.5 Å². The van der Waals surface area contributed by atoms with E-state index < -0.39 is 0 Å². The monoisotopic (exact) mass is 244 g/mol. The predicted octanol–water partition coefficient (Wildman–Crippen LogP) is 1.39. The topological polar surface area (TPSA) is 58.9 Å². The Kier molecular flexibility index (Phi) is 3.74. The Morgan fingerprint density at radius 3 is 2.89 bits per heavy atom. The summed E-state index contributed by atoms with van der Waals surface area (Å²) in [7, 11) is 3.63. The zero-order chi connectivity index (χ0) is 13.0. The zero-order valence-corrected chi connectivity index (χ0v) is 10.5. The van der Waals surface area contributed by atoms with E-state index in [9.17, 15) is 4.79 Å². The van der Waals surface area contributed by atoms with E-state index in [4.69, 9.17) is 0 Å². The first-order valence-corrected chi connectivity index (χ1v) is 5.73. The SMILES string of the molecule is CNCc1cccc(NC(=O)c2ccnn2C)c1. The second-order valence-electron chi connectivity index (χ2n) is 4.02. The third kappa shape index (κ3) is 2.75. The van der Waals surface area contributed by atoms with Crippen molar-refractivity contribution in [2.24, 2.45) is 7.05 Å². The molecule has 5 nitrogen and oxygen atoms in total. The molecule has 1 heterocycles. The third-order valence-electron chi connectivity index (χ3n) is 2.62. The lowest BCUT2D eigenvalue weighted by atomic mass is 10.2. The Labute approximate surface area is 106 Å². The number of carbonyl (C=O) groups is 1. The minimum absolute atomic E-state index is 0.156. The first kappa shape index (κ1) is 12.3. The van der Waals surface area contributed by atoms with E-state index >= 15 is 0 Å². The molecule has 94 valence electrons. The summed E-state index contributed by atoms with van der Waals surface area (Å²) in [6, 6.07) is 9.44. The Morgan fingerprint density at radius 2 is 2.22 bits per heavy atom. The van der Waals surface area contributed by atoms with E-state index in [-0.39, 0.29) is 5.91 Å². The summed E-state index contributed by atoms with van der Waals surface area (Å²) >= 11 is 0. The van der Waals surface area contributed by atoms with Crippen LogP contribution < -0.4 is 10.6 Å². The maximum Gasteiger partial charge on any atom is 0.273 e. The van der Waals surface area contributed by atoms with Crippen LogP contribution in [0.3, 0.4) is 0 Å². The Balaban J connectivity index is 2.12. The van der Waals surface area contributed by atoms with Crippen molar-refractivity contribution in [3.8, 4) is 0 Å². The highest BCUT2D eigenvalue weighted by molar-refractivity contribution is 6.03. The van der Waals surface area contributed by atoms with Gasteiger partial charge in [-0.3, -0.25) is 9.48 Å². The van der Waals surface area contributed by atoms with E-state index in [0.29, 0.717) is 5.69 Å². The van der Waals surface area contributed by atoms with Crippen molar-refractivity contribution in [2.45, 2.75) is 6.54 Å². The summed E-state index contributed by atoms with van der Waals surface area (Å²) in [5.41, 5.74) is 2.45. The van der Waals surface area contributed by atoms with Gasteiger partial charge in [0.2, 0.25) is 0 Å². The van der Waals surface area contributed by atoms with E-state index in [1.165, 1.54) is 0 Å². The third-order valence-corrected chi connectivity index (χ3v) is 2.62. The fourth-order valence-electron chi connectivity index (χ4n) is 1.75. The van der Waals surface area contributed by atoms with Crippen LogP contribution in [0.2, 0.25) is 0 Å². The molecule has 1 aromatic heterocycles. The van der Waals surface area contributed by atoms with Crippen LogP contribution in [0.15, 0.2) is 36.5 Å². The number of aromatic nitrogens is 2. The number of hydrogen-bond acceptors (Lipinski definition) is 3. The van der Waals surface area contributed by atoms with Crippen molar-refractivity contribution in [1.82, 2.24) is 15.1 Å². The molecule has 1 aromatic carbocycles. The molecule has 0 saturated heterocycles. The second kappa shape index (κ2) is 5.46. The number of nitrogens with one attached hydrogen (secondary N) is 2. The number of rotatable bonds is 4. The van der Waals surface area contributed by atoms with Crippen molar-refractivity contribution in [3.05, 3.63) is 47.8 Å². The molecule has 18 heavy (non-hydrogen) atoms. The normalized spacial score (nSPS) is 10.3. The van der Waals surface area contributed by atoms with Crippen LogP contribution in [-0.2, 0) is 13.6 Å². The lowest BCUT2D eigenvalue weighted by Crippen LogP contribution is -2.16. The standard InChI is InChI=1S/C13H16N4O/c1-14-9-10-4-3-5-11(8-10)16-13(18)12-6-7-15-17(12)2/h3-8,14H,9H2,1-2H3,(H,16,18). The van der Waals surface area contributed by atoms with Gasteiger partial charge in [0.15, 0.2) is 0 Å². The van der Waals surface area contributed by atoms with Gasteiger partial charge in [0.05, 0.1) is 0 Å². The summed E-state index contributed by atoms with van der Waals surface area (Å²) in [4.78, 5) is 12.0. The molecule has 0 aliphatic rings. The van der Waals surface area contributed by atoms with Crippen LogP contribution >= 0.6 is 0 Å². The molecule has 0 unspecified atom stereocenters. The van der Waals surface area contributed by atoms with Gasteiger partial charge < -0.3 is 10.6 Å². The minimum atomic E-state index is -0.156. The molecule has 0 aliphatic carbocycles. The maximum atomic E-state index is 12.0. The zero-order valence-electron chi connectivity index (χ0n) is 10.5. The number of anilines is 1. The van der Waals surface area contributed by atoms with E-state index in [1.54, 1.807) is 24.0 Å². The van der Waals surface area contributed by atoms with Crippen molar-refractivity contribution < 1.29 is 4.79 Å². The van der Waals surface area contributed by atoms with Crippen molar-refractivity contribution >= 4 is 11.6 Å². The van der Waals surface area contributed by atoms with Crippen LogP contribution in [0, 0.1) is 0 Å². The number of aryl methyl sites for hydroxylation is 1. The molecule has 0 saturated carbocycles. The molecule has 2 N–H and O–H groups in total. The first-order chi connectivity index (χ1) is 8.70. The molecule has 0 aliphatic heterocycles. The van der Waals surface area contributed by atoms with Crippen LogP contribution in [0.25, 0.3) is 0 Å². The quantitative estimate of drug-likeness (QED) is 0.854. The van der Waals surface area contributed by atoms with E-state index in [1.807, 2.05) is 31.3 Å². The lowest BCUT2D eigenvalue weighted by Gasteiger charge is -2.07. The van der Waals surface area contributed by atoms with Crippen molar-refractivity contribution in [2.75, 3.05) is 12.4 Å². The van der Waals surface area contributed by atoms with Crippen LogP contribution in [0.5, 0.6) is 0 Å². The Bertz CT molecular complexity index is 547. The summed E-state index contributed by atoms with van der Waals surface area (Å²) in [5, 5.41) is 9.90. The average Bonchev–Trinajstić information content (AvgIpc) is 2.76. The molecule has 2 aromatic rings. The van der Waals surface area contributed by atoms with Crippen LogP contribution in [0.1, 0.15) is 16.1 Å². The summed E-state index contributed by atoms with van der Waals surface area (Å²) in [5.74, 6) is -0.156. The number of benzene rings is 1. The number of nitrogens with zero attached hydrogens (tertiary/aromatic N) is 2. The Morgan fingerprint density at radius 1 is 1.39 bits per heavy atom.